The molecule has 1 amide bonds. The molecule has 8 heteroatoms. The number of likely N-dealkylation sites (N-methyl/N-ethyl adjacent to an activating group) is 1. The van der Waals surface area contributed by atoms with Gasteiger partial charge in [-0.1, -0.05) is 6.07 Å². The van der Waals surface area contributed by atoms with Crippen LogP contribution in [0.25, 0.3) is 0 Å². The maximum Gasteiger partial charge on any atom is 0.257 e. The third kappa shape index (κ3) is 4.62. The smallest absolute Gasteiger partial charge is 0.257 e. The van der Waals surface area contributed by atoms with E-state index >= 15 is 0 Å². The molecule has 0 aromatic carbocycles. The number of thiophene rings is 1. The van der Waals surface area contributed by atoms with E-state index in [2.05, 4.69) is 33.2 Å². The number of amides is 1. The lowest BCUT2D eigenvalue weighted by Gasteiger charge is -2.42. The second kappa shape index (κ2) is 9.24. The molecule has 2 aromatic heterocycles. The Morgan fingerprint density at radius 3 is 2.77 bits per heavy atom. The third-order valence-electron chi connectivity index (χ3n) is 6.72. The summed E-state index contributed by atoms with van der Waals surface area (Å²) in [6.45, 7) is 6.78. The first-order valence-electron chi connectivity index (χ1n) is 11.3. The maximum atomic E-state index is 13.3. The van der Waals surface area contributed by atoms with Crippen molar-refractivity contribution < 1.29 is 9.21 Å². The van der Waals surface area contributed by atoms with E-state index in [1.807, 2.05) is 18.2 Å². The van der Waals surface area contributed by atoms with Crippen LogP contribution in [0.15, 0.2) is 45.4 Å². The Labute approximate surface area is 187 Å². The van der Waals surface area contributed by atoms with Gasteiger partial charge in [-0.15, -0.1) is 11.3 Å². The summed E-state index contributed by atoms with van der Waals surface area (Å²) in [5.74, 6) is 0.828. The van der Waals surface area contributed by atoms with Gasteiger partial charge in [-0.3, -0.25) is 14.6 Å². The highest BCUT2D eigenvalue weighted by Crippen LogP contribution is 2.35. The van der Waals surface area contributed by atoms with Crippen molar-refractivity contribution in [1.82, 2.24) is 19.7 Å². The second-order valence-electron chi connectivity index (χ2n) is 8.87. The predicted molar refractivity (Wildman–Crippen MR) is 122 cm³/mol. The average Bonchev–Trinajstić information content (AvgIpc) is 3.55. The van der Waals surface area contributed by atoms with E-state index in [1.165, 1.54) is 30.8 Å². The van der Waals surface area contributed by atoms with Gasteiger partial charge >= 0.3 is 0 Å². The van der Waals surface area contributed by atoms with Crippen LogP contribution in [0.2, 0.25) is 0 Å². The first kappa shape index (κ1) is 20.9. The van der Waals surface area contributed by atoms with Crippen LogP contribution in [0.1, 0.15) is 35.9 Å². The maximum absolute atomic E-state index is 13.3. The molecule has 0 N–H and O–H groups in total. The summed E-state index contributed by atoms with van der Waals surface area (Å²) in [7, 11) is 2.22. The largest absolute Gasteiger partial charge is 0.463 e. The normalized spacial score (nSPS) is 26.4. The van der Waals surface area contributed by atoms with Crippen molar-refractivity contribution in [1.29, 1.82) is 0 Å². The number of hydrogen-bond acceptors (Lipinski definition) is 7. The van der Waals surface area contributed by atoms with Gasteiger partial charge in [-0.05, 0) is 50.0 Å². The number of nitrogens with zero attached hydrogens (tertiary/aromatic N) is 5. The Hall–Kier alpha value is -2.00. The molecule has 0 aliphatic carbocycles. The number of rotatable bonds is 5. The molecule has 0 spiro atoms. The molecule has 2 fully saturated rings. The van der Waals surface area contributed by atoms with E-state index in [-0.39, 0.29) is 11.9 Å². The molecule has 2 aromatic rings. The Morgan fingerprint density at radius 1 is 1.19 bits per heavy atom. The molecule has 3 aliphatic rings. The molecule has 2 atom stereocenters. The van der Waals surface area contributed by atoms with Crippen LogP contribution >= 0.6 is 11.3 Å². The summed E-state index contributed by atoms with van der Waals surface area (Å²) >= 11 is 1.68. The summed E-state index contributed by atoms with van der Waals surface area (Å²) in [4.78, 5) is 21.8. The molecule has 0 bridgehead atoms. The van der Waals surface area contributed by atoms with Gasteiger partial charge in [-0.25, -0.2) is 5.01 Å². The van der Waals surface area contributed by atoms with Crippen LogP contribution in [-0.4, -0.2) is 90.2 Å². The molecular formula is C23H31N5O2S. The highest BCUT2D eigenvalue weighted by Gasteiger charge is 2.36. The molecule has 0 radical (unpaired) electrons. The van der Waals surface area contributed by atoms with E-state index < -0.39 is 0 Å². The molecule has 2 saturated heterocycles. The minimum absolute atomic E-state index is 0.0355. The standard InChI is InChI=1S/C23H31N5O2S/c1-25-8-2-5-18(16-25)27-11-9-26(10-12-27)17-23(29)28-20(22-7-4-14-31-22)15-19(24-28)21-6-3-13-30-21/h3-4,6-7,13-14,18,20H,2,5,8-12,15-17H2,1H3. The first-order chi connectivity index (χ1) is 15.2. The van der Waals surface area contributed by atoms with Crippen LogP contribution < -0.4 is 0 Å². The Balaban J connectivity index is 1.22. The van der Waals surface area contributed by atoms with Crippen LogP contribution in [0.4, 0.5) is 0 Å². The number of hydrogen-bond donors (Lipinski definition) is 0. The molecule has 5 rings (SSSR count). The highest BCUT2D eigenvalue weighted by atomic mass is 32.1. The van der Waals surface area contributed by atoms with Gasteiger partial charge in [0.05, 0.1) is 18.8 Å². The van der Waals surface area contributed by atoms with Crippen molar-refractivity contribution in [2.75, 3.05) is 52.9 Å². The fourth-order valence-corrected chi connectivity index (χ4v) is 5.83. The fraction of sp³-hybridized carbons (Fsp3) is 0.565. The van der Waals surface area contributed by atoms with Gasteiger partial charge in [0, 0.05) is 50.1 Å². The Kier molecular flexibility index (Phi) is 6.22. The van der Waals surface area contributed by atoms with Gasteiger partial charge in [-0.2, -0.15) is 5.10 Å². The molecule has 31 heavy (non-hydrogen) atoms. The number of likely N-dealkylation sites (tertiary alicyclic amines) is 1. The lowest BCUT2D eigenvalue weighted by atomic mass is 10.0. The van der Waals surface area contributed by atoms with Crippen molar-refractivity contribution in [2.45, 2.75) is 31.3 Å². The molecule has 2 unspecified atom stereocenters. The van der Waals surface area contributed by atoms with Crippen LogP contribution in [0.3, 0.4) is 0 Å². The lowest BCUT2D eigenvalue weighted by molar-refractivity contribution is -0.134. The minimum atomic E-state index is -0.0355. The number of furan rings is 1. The molecule has 166 valence electrons. The summed E-state index contributed by atoms with van der Waals surface area (Å²) in [5.41, 5.74) is 0.850. The van der Waals surface area contributed by atoms with Crippen molar-refractivity contribution in [3.63, 3.8) is 0 Å². The zero-order chi connectivity index (χ0) is 21.2. The summed E-state index contributed by atoms with van der Waals surface area (Å²) in [6.07, 6.45) is 4.94. The van der Waals surface area contributed by atoms with Crippen molar-refractivity contribution in [2.24, 2.45) is 5.10 Å². The fourth-order valence-electron chi connectivity index (χ4n) is 5.02. The highest BCUT2D eigenvalue weighted by molar-refractivity contribution is 7.10. The molecule has 7 nitrogen and oxygen atoms in total. The number of carbonyl (C=O) groups is 1. The van der Waals surface area contributed by atoms with Crippen molar-refractivity contribution >= 4 is 23.0 Å². The summed E-state index contributed by atoms with van der Waals surface area (Å²) in [6, 6.07) is 8.54. The van der Waals surface area contributed by atoms with Crippen LogP contribution in [-0.2, 0) is 4.79 Å². The average molecular weight is 442 g/mol. The quantitative estimate of drug-likeness (QED) is 0.714. The number of piperidine rings is 1. The van der Waals surface area contributed by atoms with Gasteiger partial charge in [0.1, 0.15) is 11.5 Å². The second-order valence-corrected chi connectivity index (χ2v) is 9.85. The first-order valence-corrected chi connectivity index (χ1v) is 12.2. The Morgan fingerprint density at radius 2 is 2.06 bits per heavy atom. The zero-order valence-electron chi connectivity index (χ0n) is 18.2. The van der Waals surface area contributed by atoms with E-state index in [0.29, 0.717) is 19.0 Å². The van der Waals surface area contributed by atoms with E-state index in [4.69, 9.17) is 9.52 Å². The SMILES string of the molecule is CN1CCCC(N2CCN(CC(=O)N3N=C(c4ccco4)CC3c3cccs3)CC2)C1. The van der Waals surface area contributed by atoms with Gasteiger partial charge < -0.3 is 9.32 Å². The third-order valence-corrected chi connectivity index (χ3v) is 7.70. The molecule has 5 heterocycles. The number of hydrazone groups is 1. The minimum Gasteiger partial charge on any atom is -0.463 e. The topological polar surface area (TPSA) is 55.5 Å². The summed E-state index contributed by atoms with van der Waals surface area (Å²) in [5, 5.41) is 8.46. The van der Waals surface area contributed by atoms with Crippen LogP contribution in [0, 0.1) is 0 Å². The molecule has 3 aliphatic heterocycles. The number of carbonyl (C=O) groups excluding carboxylic acids is 1. The van der Waals surface area contributed by atoms with Crippen LogP contribution in [0.5, 0.6) is 0 Å². The molecular weight excluding hydrogens is 410 g/mol. The van der Waals surface area contributed by atoms with Gasteiger partial charge in [0.15, 0.2) is 0 Å². The predicted octanol–water partition coefficient (Wildman–Crippen LogP) is 2.73. The van der Waals surface area contributed by atoms with Crippen molar-refractivity contribution in [3.8, 4) is 0 Å². The van der Waals surface area contributed by atoms with E-state index in [1.54, 1.807) is 22.6 Å². The molecule has 0 saturated carbocycles. The zero-order valence-corrected chi connectivity index (χ0v) is 19.0. The van der Waals surface area contributed by atoms with E-state index in [9.17, 15) is 4.79 Å². The van der Waals surface area contributed by atoms with E-state index in [0.717, 1.165) is 37.7 Å². The van der Waals surface area contributed by atoms with Crippen molar-refractivity contribution in [3.05, 3.63) is 46.5 Å². The number of piperazine rings is 1. The monoisotopic (exact) mass is 441 g/mol. The lowest BCUT2D eigenvalue weighted by Crippen LogP contribution is -2.55. The Bertz CT molecular complexity index is 889. The summed E-state index contributed by atoms with van der Waals surface area (Å²) < 4.78 is 5.55. The van der Waals surface area contributed by atoms with Gasteiger partial charge in [0.25, 0.3) is 5.91 Å². The van der Waals surface area contributed by atoms with Gasteiger partial charge in [0.2, 0.25) is 0 Å².